The van der Waals surface area contributed by atoms with Gasteiger partial charge >= 0.3 is 6.03 Å². The number of piperazine rings is 1. The van der Waals surface area contributed by atoms with E-state index in [1.165, 1.54) is 5.69 Å². The van der Waals surface area contributed by atoms with Crippen LogP contribution in [0.5, 0.6) is 5.75 Å². The molecule has 26 heavy (non-hydrogen) atoms. The first-order chi connectivity index (χ1) is 12.5. The molecule has 2 aromatic rings. The molecule has 1 fully saturated rings. The Morgan fingerprint density at radius 2 is 1.96 bits per heavy atom. The van der Waals surface area contributed by atoms with E-state index in [9.17, 15) is 4.79 Å². The summed E-state index contributed by atoms with van der Waals surface area (Å²) in [6.45, 7) is 7.12. The number of amides is 2. The minimum absolute atomic E-state index is 0.294. The maximum Gasteiger partial charge on any atom is 0.323 e. The van der Waals surface area contributed by atoms with Crippen LogP contribution in [0.1, 0.15) is 12.5 Å². The zero-order chi connectivity index (χ0) is 18.5. The minimum Gasteiger partial charge on any atom is -0.495 e. The first-order valence-corrected chi connectivity index (χ1v) is 8.86. The summed E-state index contributed by atoms with van der Waals surface area (Å²) in [4.78, 5) is 14.6. The monoisotopic (exact) mass is 354 g/mol. The van der Waals surface area contributed by atoms with Gasteiger partial charge in [0.15, 0.2) is 0 Å². The number of carbonyl (C=O) groups is 1. The maximum atomic E-state index is 12.3. The van der Waals surface area contributed by atoms with Gasteiger partial charge in [0, 0.05) is 37.1 Å². The molecule has 1 aliphatic heterocycles. The van der Waals surface area contributed by atoms with Gasteiger partial charge in [-0.2, -0.15) is 0 Å². The van der Waals surface area contributed by atoms with Gasteiger partial charge < -0.3 is 25.6 Å². The minimum atomic E-state index is -0.294. The molecular formula is C20H26N4O2. The molecule has 1 saturated heterocycles. The van der Waals surface area contributed by atoms with Gasteiger partial charge in [-0.1, -0.05) is 6.07 Å². The molecule has 1 unspecified atom stereocenters. The highest BCUT2D eigenvalue weighted by Gasteiger charge is 2.16. The standard InChI is InChI=1S/C20H26N4O2/c1-14-4-9-19(26-3)18(12-14)23-20(25)22-16-5-7-17(8-6-16)24-11-10-21-15(2)13-24/h4-9,12,15,21H,10-11,13H2,1-3H3,(H2,22,23,25). The molecule has 3 N–H and O–H groups in total. The predicted octanol–water partition coefficient (Wildman–Crippen LogP) is 3.45. The van der Waals surface area contributed by atoms with Crippen LogP contribution in [0.15, 0.2) is 42.5 Å². The van der Waals surface area contributed by atoms with E-state index in [-0.39, 0.29) is 6.03 Å². The van der Waals surface area contributed by atoms with Crippen molar-refractivity contribution in [1.82, 2.24) is 5.32 Å². The summed E-state index contributed by atoms with van der Waals surface area (Å²) < 4.78 is 5.29. The third-order valence-electron chi connectivity index (χ3n) is 4.46. The molecule has 6 nitrogen and oxygen atoms in total. The van der Waals surface area contributed by atoms with E-state index in [2.05, 4.69) is 27.8 Å². The van der Waals surface area contributed by atoms with E-state index >= 15 is 0 Å². The predicted molar refractivity (Wildman–Crippen MR) is 106 cm³/mol. The lowest BCUT2D eigenvalue weighted by atomic mass is 10.2. The van der Waals surface area contributed by atoms with Crippen molar-refractivity contribution in [2.45, 2.75) is 19.9 Å². The topological polar surface area (TPSA) is 65.6 Å². The highest BCUT2D eigenvalue weighted by Crippen LogP contribution is 2.25. The average molecular weight is 354 g/mol. The van der Waals surface area contributed by atoms with Crippen molar-refractivity contribution < 1.29 is 9.53 Å². The quantitative estimate of drug-likeness (QED) is 0.787. The van der Waals surface area contributed by atoms with Crippen LogP contribution >= 0.6 is 0 Å². The molecule has 2 aromatic carbocycles. The lowest BCUT2D eigenvalue weighted by Gasteiger charge is -2.33. The SMILES string of the molecule is COc1ccc(C)cc1NC(=O)Nc1ccc(N2CCNC(C)C2)cc1. The number of ether oxygens (including phenoxy) is 1. The second-order valence-electron chi connectivity index (χ2n) is 6.63. The lowest BCUT2D eigenvalue weighted by molar-refractivity contribution is 0.262. The van der Waals surface area contributed by atoms with Gasteiger partial charge in [0.1, 0.15) is 5.75 Å². The van der Waals surface area contributed by atoms with E-state index in [1.807, 2.05) is 49.4 Å². The number of hydrogen-bond acceptors (Lipinski definition) is 4. The molecule has 3 rings (SSSR count). The number of methoxy groups -OCH3 is 1. The highest BCUT2D eigenvalue weighted by atomic mass is 16.5. The number of nitrogens with zero attached hydrogens (tertiary/aromatic N) is 1. The van der Waals surface area contributed by atoms with Crippen LogP contribution in [0.4, 0.5) is 21.9 Å². The normalized spacial score (nSPS) is 16.9. The molecule has 1 atom stereocenters. The summed E-state index contributed by atoms with van der Waals surface area (Å²) in [5.41, 5.74) is 3.62. The molecule has 0 spiro atoms. The summed E-state index contributed by atoms with van der Waals surface area (Å²) in [5, 5.41) is 9.14. The largest absolute Gasteiger partial charge is 0.495 e. The third-order valence-corrected chi connectivity index (χ3v) is 4.46. The molecule has 0 saturated carbocycles. The number of benzene rings is 2. The first-order valence-electron chi connectivity index (χ1n) is 8.86. The second-order valence-corrected chi connectivity index (χ2v) is 6.63. The van der Waals surface area contributed by atoms with Gasteiger partial charge in [-0.25, -0.2) is 4.79 Å². The third kappa shape index (κ3) is 4.46. The molecule has 0 aliphatic carbocycles. The van der Waals surface area contributed by atoms with Crippen molar-refractivity contribution in [2.75, 3.05) is 42.3 Å². The molecule has 0 radical (unpaired) electrons. The van der Waals surface area contributed by atoms with Gasteiger partial charge in [0.05, 0.1) is 12.8 Å². The smallest absolute Gasteiger partial charge is 0.323 e. The van der Waals surface area contributed by atoms with Crippen LogP contribution in [0.25, 0.3) is 0 Å². The van der Waals surface area contributed by atoms with Crippen LogP contribution in [0.2, 0.25) is 0 Å². The molecule has 0 bridgehead atoms. The Labute approximate surface area is 154 Å². The van der Waals surface area contributed by atoms with Crippen molar-refractivity contribution in [3.05, 3.63) is 48.0 Å². The number of anilines is 3. The Bertz CT molecular complexity index is 761. The lowest BCUT2D eigenvalue weighted by Crippen LogP contribution is -2.49. The molecule has 2 amide bonds. The van der Waals surface area contributed by atoms with E-state index in [0.29, 0.717) is 17.5 Å². The molecule has 138 valence electrons. The van der Waals surface area contributed by atoms with E-state index in [1.54, 1.807) is 7.11 Å². The zero-order valence-corrected chi connectivity index (χ0v) is 15.5. The fourth-order valence-corrected chi connectivity index (χ4v) is 3.13. The number of rotatable bonds is 4. The Kier molecular flexibility index (Phi) is 5.63. The summed E-state index contributed by atoms with van der Waals surface area (Å²) in [5.74, 6) is 0.633. The fourth-order valence-electron chi connectivity index (χ4n) is 3.13. The highest BCUT2D eigenvalue weighted by molar-refractivity contribution is 6.00. The maximum absolute atomic E-state index is 12.3. The van der Waals surface area contributed by atoms with Gasteiger partial charge in [-0.15, -0.1) is 0 Å². The van der Waals surface area contributed by atoms with Gasteiger partial charge in [0.25, 0.3) is 0 Å². The van der Waals surface area contributed by atoms with Gasteiger partial charge in [0.2, 0.25) is 0 Å². The first kappa shape index (κ1) is 18.1. The summed E-state index contributed by atoms with van der Waals surface area (Å²) in [6, 6.07) is 13.8. The Hall–Kier alpha value is -2.73. The number of hydrogen-bond donors (Lipinski definition) is 3. The fraction of sp³-hybridized carbons (Fsp3) is 0.350. The van der Waals surface area contributed by atoms with Crippen molar-refractivity contribution in [3.8, 4) is 5.75 Å². The summed E-state index contributed by atoms with van der Waals surface area (Å²) >= 11 is 0. The summed E-state index contributed by atoms with van der Waals surface area (Å²) in [7, 11) is 1.59. The number of aryl methyl sites for hydroxylation is 1. The zero-order valence-electron chi connectivity index (χ0n) is 15.5. The van der Waals surface area contributed by atoms with Crippen LogP contribution in [0.3, 0.4) is 0 Å². The van der Waals surface area contributed by atoms with Crippen LogP contribution in [-0.2, 0) is 0 Å². The second kappa shape index (κ2) is 8.10. The number of carbonyl (C=O) groups excluding carboxylic acids is 1. The van der Waals surface area contributed by atoms with Gasteiger partial charge in [-0.3, -0.25) is 0 Å². The van der Waals surface area contributed by atoms with Crippen molar-refractivity contribution in [3.63, 3.8) is 0 Å². The average Bonchev–Trinajstić information content (AvgIpc) is 2.62. The van der Waals surface area contributed by atoms with Gasteiger partial charge in [-0.05, 0) is 55.8 Å². The van der Waals surface area contributed by atoms with Crippen LogP contribution in [-0.4, -0.2) is 38.8 Å². The van der Waals surface area contributed by atoms with Crippen molar-refractivity contribution in [1.29, 1.82) is 0 Å². The molecule has 1 heterocycles. The van der Waals surface area contributed by atoms with Crippen molar-refractivity contribution >= 4 is 23.1 Å². The molecule has 0 aromatic heterocycles. The number of urea groups is 1. The van der Waals surface area contributed by atoms with Crippen molar-refractivity contribution in [2.24, 2.45) is 0 Å². The van der Waals surface area contributed by atoms with Crippen LogP contribution < -0.4 is 25.6 Å². The van der Waals surface area contributed by atoms with Crippen LogP contribution in [0, 0.1) is 6.92 Å². The molecule has 6 heteroatoms. The van der Waals surface area contributed by atoms with E-state index < -0.39 is 0 Å². The number of nitrogens with one attached hydrogen (secondary N) is 3. The van der Waals surface area contributed by atoms with E-state index in [0.717, 1.165) is 30.9 Å². The Balaban J connectivity index is 1.62. The summed E-state index contributed by atoms with van der Waals surface area (Å²) in [6.07, 6.45) is 0. The molecule has 1 aliphatic rings. The molecular weight excluding hydrogens is 328 g/mol. The van der Waals surface area contributed by atoms with E-state index in [4.69, 9.17) is 4.74 Å². The Morgan fingerprint density at radius 3 is 2.65 bits per heavy atom. The Morgan fingerprint density at radius 1 is 1.19 bits per heavy atom.